The fraction of sp³-hybridized carbons (Fsp3) is 0.250. The monoisotopic (exact) mass is 314 g/mol. The Morgan fingerprint density at radius 1 is 1.52 bits per heavy atom. The number of hydrogen-bond donors (Lipinski definition) is 3. The van der Waals surface area contributed by atoms with E-state index in [4.69, 9.17) is 0 Å². The minimum absolute atomic E-state index is 0.0242. The number of urea groups is 1. The predicted molar refractivity (Wildman–Crippen MR) is 76.9 cm³/mol. The van der Waals surface area contributed by atoms with Crippen LogP contribution in [0.15, 0.2) is 29.4 Å². The molecule has 1 rings (SSSR count). The SMILES string of the molecule is CCCC(=O)N(O)C(=O)N(S)N/N=C/c1cccc(F)c1. The molecule has 0 radical (unpaired) electrons. The molecule has 0 aliphatic heterocycles. The van der Waals surface area contributed by atoms with E-state index in [9.17, 15) is 19.2 Å². The van der Waals surface area contributed by atoms with E-state index in [0.29, 0.717) is 16.4 Å². The highest BCUT2D eigenvalue weighted by Crippen LogP contribution is 2.02. The van der Waals surface area contributed by atoms with Crippen molar-refractivity contribution in [2.75, 3.05) is 0 Å². The van der Waals surface area contributed by atoms with Crippen molar-refractivity contribution < 1.29 is 19.2 Å². The first-order valence-electron chi connectivity index (χ1n) is 6.04. The number of benzene rings is 1. The van der Waals surface area contributed by atoms with Crippen LogP contribution in [0.1, 0.15) is 25.3 Å². The van der Waals surface area contributed by atoms with E-state index in [2.05, 4.69) is 23.5 Å². The van der Waals surface area contributed by atoms with Gasteiger partial charge in [-0.25, -0.2) is 14.7 Å². The highest BCUT2D eigenvalue weighted by atomic mass is 32.1. The van der Waals surface area contributed by atoms with Crippen molar-refractivity contribution in [2.45, 2.75) is 19.8 Å². The van der Waals surface area contributed by atoms with Crippen LogP contribution < -0.4 is 5.53 Å². The zero-order valence-electron chi connectivity index (χ0n) is 11.2. The Labute approximate surface area is 126 Å². The second kappa shape index (κ2) is 8.22. The van der Waals surface area contributed by atoms with Crippen molar-refractivity contribution in [2.24, 2.45) is 5.10 Å². The number of hydroxylamine groups is 2. The van der Waals surface area contributed by atoms with Gasteiger partial charge in [0.15, 0.2) is 0 Å². The standard InChI is InChI=1S/C12H15FN4O3S/c1-2-4-11(18)16(20)12(19)17(21)15-14-8-9-5-3-6-10(13)7-9/h3,5-8,15,20-21H,2,4H2,1H3/b14-8+. The zero-order chi connectivity index (χ0) is 15.8. The lowest BCUT2D eigenvalue weighted by molar-refractivity contribution is -0.154. The van der Waals surface area contributed by atoms with E-state index in [1.54, 1.807) is 13.0 Å². The molecule has 0 aliphatic carbocycles. The maximum absolute atomic E-state index is 12.9. The molecule has 0 fully saturated rings. The Kier molecular flexibility index (Phi) is 6.63. The third kappa shape index (κ3) is 5.40. The van der Waals surface area contributed by atoms with Crippen LogP contribution in [0.5, 0.6) is 0 Å². The Hall–Kier alpha value is -2.13. The number of thiol groups is 1. The van der Waals surface area contributed by atoms with Gasteiger partial charge in [0.2, 0.25) is 0 Å². The van der Waals surface area contributed by atoms with Crippen LogP contribution in [0.4, 0.5) is 9.18 Å². The van der Waals surface area contributed by atoms with Gasteiger partial charge in [0.05, 0.1) is 6.21 Å². The van der Waals surface area contributed by atoms with Crippen LogP contribution in [0.3, 0.4) is 0 Å². The lowest BCUT2D eigenvalue weighted by atomic mass is 10.2. The molecule has 21 heavy (non-hydrogen) atoms. The van der Waals surface area contributed by atoms with Gasteiger partial charge in [-0.3, -0.25) is 10.0 Å². The topological polar surface area (TPSA) is 85.2 Å². The summed E-state index contributed by atoms with van der Waals surface area (Å²) in [4.78, 5) is 22.9. The van der Waals surface area contributed by atoms with Crippen molar-refractivity contribution >= 4 is 31.0 Å². The number of amides is 3. The van der Waals surface area contributed by atoms with Crippen molar-refractivity contribution in [3.63, 3.8) is 0 Å². The van der Waals surface area contributed by atoms with Gasteiger partial charge in [0.25, 0.3) is 5.91 Å². The molecule has 0 heterocycles. The first kappa shape index (κ1) is 16.9. The van der Waals surface area contributed by atoms with Crippen LogP contribution >= 0.6 is 12.8 Å². The average Bonchev–Trinajstić information content (AvgIpc) is 2.46. The summed E-state index contributed by atoms with van der Waals surface area (Å²) in [6, 6.07) is 4.51. The first-order valence-corrected chi connectivity index (χ1v) is 6.44. The molecule has 1 aromatic rings. The summed E-state index contributed by atoms with van der Waals surface area (Å²) < 4.78 is 13.4. The number of imide groups is 1. The first-order chi connectivity index (χ1) is 9.95. The Balaban J connectivity index is 2.54. The van der Waals surface area contributed by atoms with E-state index >= 15 is 0 Å². The van der Waals surface area contributed by atoms with E-state index in [-0.39, 0.29) is 11.5 Å². The molecule has 3 amide bonds. The maximum atomic E-state index is 12.9. The quantitative estimate of drug-likeness (QED) is 0.336. The van der Waals surface area contributed by atoms with Crippen LogP contribution in [0.2, 0.25) is 0 Å². The predicted octanol–water partition coefficient (Wildman–Crippen LogP) is 1.95. The van der Waals surface area contributed by atoms with Gasteiger partial charge in [-0.05, 0) is 36.9 Å². The highest BCUT2D eigenvalue weighted by molar-refractivity contribution is 7.78. The minimum Gasteiger partial charge on any atom is -0.277 e. The molecule has 0 aromatic heterocycles. The van der Waals surface area contributed by atoms with E-state index in [1.165, 1.54) is 24.4 Å². The minimum atomic E-state index is -1.10. The normalized spacial score (nSPS) is 10.5. The van der Waals surface area contributed by atoms with Gasteiger partial charge in [0, 0.05) is 6.42 Å². The largest absolute Gasteiger partial charge is 0.381 e. The zero-order valence-corrected chi connectivity index (χ0v) is 12.1. The molecule has 9 heteroatoms. The summed E-state index contributed by atoms with van der Waals surface area (Å²) in [5, 5.41) is 12.9. The number of carbonyl (C=O) groups is 2. The van der Waals surface area contributed by atoms with Gasteiger partial charge in [0.1, 0.15) is 5.82 Å². The molecule has 0 atom stereocenters. The second-order valence-electron chi connectivity index (χ2n) is 3.96. The lowest BCUT2D eigenvalue weighted by Crippen LogP contribution is -2.44. The molecule has 7 nitrogen and oxygen atoms in total. The molecule has 1 aromatic carbocycles. The van der Waals surface area contributed by atoms with Crippen LogP contribution in [0, 0.1) is 5.82 Å². The van der Waals surface area contributed by atoms with E-state index in [0.717, 1.165) is 0 Å². The fourth-order valence-electron chi connectivity index (χ4n) is 1.30. The summed E-state index contributed by atoms with van der Waals surface area (Å²) in [5.41, 5.74) is 2.63. The van der Waals surface area contributed by atoms with Crippen LogP contribution in [-0.4, -0.2) is 32.8 Å². The number of rotatable bonds is 5. The Morgan fingerprint density at radius 3 is 2.86 bits per heavy atom. The molecule has 0 bridgehead atoms. The maximum Gasteiger partial charge on any atom is 0.381 e. The second-order valence-corrected chi connectivity index (χ2v) is 4.36. The number of nitrogens with one attached hydrogen (secondary N) is 1. The van der Waals surface area contributed by atoms with Crippen LogP contribution in [-0.2, 0) is 4.79 Å². The Morgan fingerprint density at radius 2 is 2.24 bits per heavy atom. The number of hydrogen-bond acceptors (Lipinski definition) is 6. The smallest absolute Gasteiger partial charge is 0.277 e. The van der Waals surface area contributed by atoms with Gasteiger partial charge in [-0.1, -0.05) is 19.1 Å². The molecule has 0 saturated heterocycles. The summed E-state index contributed by atoms with van der Waals surface area (Å²) in [7, 11) is 0. The van der Waals surface area contributed by atoms with Crippen LogP contribution in [0.25, 0.3) is 0 Å². The van der Waals surface area contributed by atoms with Crippen molar-refractivity contribution in [1.82, 2.24) is 15.0 Å². The molecule has 2 N–H and O–H groups in total. The lowest BCUT2D eigenvalue weighted by Gasteiger charge is -2.19. The average molecular weight is 314 g/mol. The van der Waals surface area contributed by atoms with Gasteiger partial charge >= 0.3 is 6.03 Å². The molecule has 0 spiro atoms. The van der Waals surface area contributed by atoms with Gasteiger partial charge in [-0.2, -0.15) is 9.52 Å². The number of halogens is 1. The number of carbonyl (C=O) groups excluding carboxylic acids is 2. The molecular formula is C12H15FN4O3S. The summed E-state index contributed by atoms with van der Waals surface area (Å²) in [6.45, 7) is 1.73. The van der Waals surface area contributed by atoms with Gasteiger partial charge < -0.3 is 0 Å². The Bertz CT molecular complexity index is 541. The number of nitrogens with zero attached hydrogens (tertiary/aromatic N) is 3. The molecular weight excluding hydrogens is 299 g/mol. The van der Waals surface area contributed by atoms with Crippen molar-refractivity contribution in [1.29, 1.82) is 0 Å². The third-order valence-corrected chi connectivity index (χ3v) is 2.54. The summed E-state index contributed by atoms with van der Waals surface area (Å²) >= 11 is 3.72. The number of hydrazine groups is 1. The van der Waals surface area contributed by atoms with E-state index < -0.39 is 17.8 Å². The van der Waals surface area contributed by atoms with Gasteiger partial charge in [-0.15, -0.1) is 5.06 Å². The summed E-state index contributed by atoms with van der Waals surface area (Å²) in [6.07, 6.45) is 1.76. The third-order valence-electron chi connectivity index (χ3n) is 2.28. The fourth-order valence-corrected chi connectivity index (χ4v) is 1.44. The van der Waals surface area contributed by atoms with E-state index in [1.807, 2.05) is 0 Å². The molecule has 0 aliphatic rings. The number of hydrazone groups is 1. The molecule has 114 valence electrons. The van der Waals surface area contributed by atoms with Crippen molar-refractivity contribution in [3.8, 4) is 0 Å². The molecule has 0 saturated carbocycles. The van der Waals surface area contributed by atoms with Crippen molar-refractivity contribution in [3.05, 3.63) is 35.6 Å². The highest BCUT2D eigenvalue weighted by Gasteiger charge is 2.22. The summed E-state index contributed by atoms with van der Waals surface area (Å²) in [5.74, 6) is -1.18. The molecule has 0 unspecified atom stereocenters.